The summed E-state index contributed by atoms with van der Waals surface area (Å²) in [7, 11) is -3.39. The van der Waals surface area contributed by atoms with Crippen LogP contribution >= 0.6 is 11.3 Å². The van der Waals surface area contributed by atoms with Crippen LogP contribution in [-0.2, 0) is 23.1 Å². The molecule has 0 spiro atoms. The van der Waals surface area contributed by atoms with Crippen molar-refractivity contribution in [2.24, 2.45) is 0 Å². The summed E-state index contributed by atoms with van der Waals surface area (Å²) in [5, 5.41) is 3.37. The highest BCUT2D eigenvalue weighted by Gasteiger charge is 2.16. The van der Waals surface area contributed by atoms with Gasteiger partial charge in [0.15, 0.2) is 0 Å². The van der Waals surface area contributed by atoms with Crippen LogP contribution in [0.3, 0.4) is 0 Å². The molecule has 2 rings (SSSR count). The molecule has 0 atom stereocenters. The second kappa shape index (κ2) is 14.7. The summed E-state index contributed by atoms with van der Waals surface area (Å²) < 4.78 is 28.1. The number of hydrogen-bond donors (Lipinski definition) is 2. The van der Waals surface area contributed by atoms with Crippen LogP contribution in [0.2, 0.25) is 0 Å². The molecule has 0 saturated carbocycles. The predicted molar refractivity (Wildman–Crippen MR) is 128 cm³/mol. The lowest BCUT2D eigenvalue weighted by Gasteiger charge is -2.05. The summed E-state index contributed by atoms with van der Waals surface area (Å²) in [4.78, 5) is 1.03. The maximum atomic E-state index is 12.5. The number of rotatable bonds is 17. The highest BCUT2D eigenvalue weighted by atomic mass is 32.2. The fourth-order valence-electron chi connectivity index (χ4n) is 3.41. The zero-order chi connectivity index (χ0) is 21.5. The smallest absolute Gasteiger partial charge is 0.250 e. The van der Waals surface area contributed by atoms with E-state index in [1.165, 1.54) is 68.3 Å². The third-order valence-electron chi connectivity index (χ3n) is 5.20. The van der Waals surface area contributed by atoms with E-state index in [1.807, 2.05) is 24.3 Å². The molecule has 1 aromatic carbocycles. The van der Waals surface area contributed by atoms with Crippen molar-refractivity contribution in [2.45, 2.75) is 88.4 Å². The summed E-state index contributed by atoms with van der Waals surface area (Å²) in [6.07, 6.45) is 12.5. The van der Waals surface area contributed by atoms with Gasteiger partial charge in [-0.1, -0.05) is 95.0 Å². The Morgan fingerprint density at radius 3 is 2.07 bits per heavy atom. The van der Waals surface area contributed by atoms with Crippen LogP contribution < -0.4 is 10.0 Å². The van der Waals surface area contributed by atoms with Gasteiger partial charge in [0.2, 0.25) is 10.0 Å². The van der Waals surface area contributed by atoms with Gasteiger partial charge in [0.05, 0.1) is 0 Å². The molecular formula is C24H38N2O2S2. The average molecular weight is 451 g/mol. The molecule has 6 heteroatoms. The summed E-state index contributed by atoms with van der Waals surface area (Å²) in [5.74, 6) is 0. The van der Waals surface area contributed by atoms with E-state index in [2.05, 4.69) is 29.1 Å². The minimum Gasteiger partial charge on any atom is -0.308 e. The van der Waals surface area contributed by atoms with Gasteiger partial charge in [-0.2, -0.15) is 0 Å². The molecule has 2 N–H and O–H groups in total. The summed E-state index contributed by atoms with van der Waals surface area (Å²) in [5.41, 5.74) is 1.22. The van der Waals surface area contributed by atoms with Gasteiger partial charge in [0.1, 0.15) is 4.21 Å². The predicted octanol–water partition coefficient (Wildman–Crippen LogP) is 6.24. The molecule has 4 nitrogen and oxygen atoms in total. The van der Waals surface area contributed by atoms with Crippen molar-refractivity contribution in [3.63, 3.8) is 0 Å². The molecule has 0 fully saturated rings. The van der Waals surface area contributed by atoms with Crippen LogP contribution in [-0.4, -0.2) is 15.0 Å². The Bertz CT molecular complexity index is 789. The van der Waals surface area contributed by atoms with E-state index < -0.39 is 10.0 Å². The average Bonchev–Trinajstić information content (AvgIpc) is 3.23. The fourth-order valence-corrected chi connectivity index (χ4v) is 5.86. The third kappa shape index (κ3) is 10.2. The van der Waals surface area contributed by atoms with Crippen molar-refractivity contribution in [3.05, 3.63) is 52.9 Å². The molecule has 0 aliphatic carbocycles. The normalized spacial score (nSPS) is 11.8. The van der Waals surface area contributed by atoms with E-state index in [4.69, 9.17) is 0 Å². The molecule has 0 aliphatic heterocycles. The van der Waals surface area contributed by atoms with Crippen molar-refractivity contribution < 1.29 is 8.42 Å². The van der Waals surface area contributed by atoms with Gasteiger partial charge in [0.25, 0.3) is 0 Å². The quantitative estimate of drug-likeness (QED) is 0.281. The van der Waals surface area contributed by atoms with E-state index in [0.29, 0.717) is 17.3 Å². The van der Waals surface area contributed by atoms with Crippen molar-refractivity contribution in [1.82, 2.24) is 10.0 Å². The second-order valence-electron chi connectivity index (χ2n) is 7.89. The molecule has 30 heavy (non-hydrogen) atoms. The number of nitrogens with one attached hydrogen (secondary N) is 2. The van der Waals surface area contributed by atoms with Crippen molar-refractivity contribution in [1.29, 1.82) is 0 Å². The molecule has 0 aliphatic rings. The van der Waals surface area contributed by atoms with Crippen LogP contribution in [0.5, 0.6) is 0 Å². The molecule has 2 aromatic rings. The first-order valence-corrected chi connectivity index (χ1v) is 13.7. The van der Waals surface area contributed by atoms with Crippen molar-refractivity contribution in [3.8, 4) is 0 Å². The summed E-state index contributed by atoms with van der Waals surface area (Å²) >= 11 is 1.34. The maximum Gasteiger partial charge on any atom is 0.250 e. The van der Waals surface area contributed by atoms with Crippen LogP contribution in [0.15, 0.2) is 46.7 Å². The first kappa shape index (κ1) is 25.1. The van der Waals surface area contributed by atoms with Crippen LogP contribution in [0.25, 0.3) is 0 Å². The summed E-state index contributed by atoms with van der Waals surface area (Å²) in [6.45, 7) is 4.22. The highest BCUT2D eigenvalue weighted by Crippen LogP contribution is 2.21. The first-order chi connectivity index (χ1) is 14.6. The monoisotopic (exact) mass is 450 g/mol. The molecule has 0 radical (unpaired) electrons. The lowest BCUT2D eigenvalue weighted by atomic mass is 10.1. The number of unbranched alkanes of at least 4 members (excludes halogenated alkanes) is 9. The Hall–Kier alpha value is -1.21. The Kier molecular flexibility index (Phi) is 12.3. The van der Waals surface area contributed by atoms with Gasteiger partial charge in [-0.15, -0.1) is 11.3 Å². The number of sulfonamides is 1. The van der Waals surface area contributed by atoms with Gasteiger partial charge in [-0.3, -0.25) is 0 Å². The van der Waals surface area contributed by atoms with Crippen LogP contribution in [0.4, 0.5) is 0 Å². The third-order valence-corrected chi connectivity index (χ3v) is 8.23. The van der Waals surface area contributed by atoms with E-state index >= 15 is 0 Å². The molecule has 168 valence electrons. The lowest BCUT2D eigenvalue weighted by molar-refractivity contribution is 0.549. The minimum atomic E-state index is -3.39. The number of hydrogen-bond acceptors (Lipinski definition) is 4. The standard InChI is InChI=1S/C24H38N2O2S2/c1-2-3-4-5-6-7-8-9-10-14-19-26-30(27,28)24-18-17-23(29-24)21-25-20-22-15-12-11-13-16-22/h11-13,15-18,25-26H,2-10,14,19-21H2,1H3. The largest absolute Gasteiger partial charge is 0.308 e. The van der Waals surface area contributed by atoms with Gasteiger partial charge >= 0.3 is 0 Å². The molecule has 1 aromatic heterocycles. The van der Waals surface area contributed by atoms with E-state index in [0.717, 1.165) is 24.3 Å². The highest BCUT2D eigenvalue weighted by molar-refractivity contribution is 7.91. The number of benzene rings is 1. The van der Waals surface area contributed by atoms with Crippen LogP contribution in [0.1, 0.15) is 81.6 Å². The van der Waals surface area contributed by atoms with E-state index in [1.54, 1.807) is 6.07 Å². The Labute approximate surface area is 187 Å². The van der Waals surface area contributed by atoms with E-state index in [9.17, 15) is 8.42 Å². The molecule has 1 heterocycles. The molecule has 0 bridgehead atoms. The maximum absolute atomic E-state index is 12.5. The van der Waals surface area contributed by atoms with E-state index in [-0.39, 0.29) is 0 Å². The summed E-state index contributed by atoms with van der Waals surface area (Å²) in [6, 6.07) is 13.8. The first-order valence-electron chi connectivity index (χ1n) is 11.4. The van der Waals surface area contributed by atoms with Crippen molar-refractivity contribution in [2.75, 3.05) is 6.54 Å². The Morgan fingerprint density at radius 2 is 1.40 bits per heavy atom. The van der Waals surface area contributed by atoms with Gasteiger partial charge in [-0.05, 0) is 24.1 Å². The zero-order valence-electron chi connectivity index (χ0n) is 18.4. The Balaban J connectivity index is 1.57. The van der Waals surface area contributed by atoms with Gasteiger partial charge < -0.3 is 5.32 Å². The second-order valence-corrected chi connectivity index (χ2v) is 11.1. The van der Waals surface area contributed by atoms with Crippen LogP contribution in [0, 0.1) is 0 Å². The zero-order valence-corrected chi connectivity index (χ0v) is 20.0. The van der Waals surface area contributed by atoms with Gasteiger partial charge in [-0.25, -0.2) is 13.1 Å². The molecule has 0 saturated heterocycles. The fraction of sp³-hybridized carbons (Fsp3) is 0.583. The number of thiophene rings is 1. The topological polar surface area (TPSA) is 58.2 Å². The Morgan fingerprint density at radius 1 is 0.767 bits per heavy atom. The SMILES string of the molecule is CCCCCCCCCCCCNS(=O)(=O)c1ccc(CNCc2ccccc2)s1. The molecular weight excluding hydrogens is 412 g/mol. The molecule has 0 amide bonds. The molecule has 0 unspecified atom stereocenters. The minimum absolute atomic E-state index is 0.408. The lowest BCUT2D eigenvalue weighted by Crippen LogP contribution is -2.23. The van der Waals surface area contributed by atoms with Crippen molar-refractivity contribution >= 4 is 21.4 Å². The van der Waals surface area contributed by atoms with Gasteiger partial charge in [0, 0.05) is 24.5 Å².